The summed E-state index contributed by atoms with van der Waals surface area (Å²) >= 11 is 0. The van der Waals surface area contributed by atoms with Crippen LogP contribution in [0.5, 0.6) is 11.5 Å². The largest absolute Gasteiger partial charge is 0.457 e. The first-order chi connectivity index (χ1) is 10.7. The van der Waals surface area contributed by atoms with Crippen molar-refractivity contribution in [2.45, 2.75) is 20.5 Å². The van der Waals surface area contributed by atoms with E-state index >= 15 is 0 Å². The molecule has 0 aliphatic heterocycles. The lowest BCUT2D eigenvalue weighted by Crippen LogP contribution is -2.03. The van der Waals surface area contributed by atoms with Crippen molar-refractivity contribution in [3.05, 3.63) is 54.1 Å². The van der Waals surface area contributed by atoms with Gasteiger partial charge in [0.2, 0.25) is 0 Å². The molecule has 0 atom stereocenters. The number of ether oxygens (including phenoxy) is 2. The highest BCUT2D eigenvalue weighted by atomic mass is 16.5. The molecule has 2 rings (SSSR count). The van der Waals surface area contributed by atoms with Crippen molar-refractivity contribution in [1.82, 2.24) is 0 Å². The summed E-state index contributed by atoms with van der Waals surface area (Å²) in [4.78, 5) is 10.8. The number of Topliss-reactive ketones (excluding diaryl/α,β-unsaturated/α-hetero) is 1. The lowest BCUT2D eigenvalue weighted by Gasteiger charge is -2.09. The van der Waals surface area contributed by atoms with Gasteiger partial charge in [0.05, 0.1) is 6.61 Å². The Bertz CT molecular complexity index is 614. The third kappa shape index (κ3) is 5.22. The van der Waals surface area contributed by atoms with Crippen LogP contribution >= 0.6 is 0 Å². The summed E-state index contributed by atoms with van der Waals surface area (Å²) in [7, 11) is 0. The van der Waals surface area contributed by atoms with E-state index in [0.717, 1.165) is 29.3 Å². The summed E-state index contributed by atoms with van der Waals surface area (Å²) in [6, 6.07) is 15.5. The molecule has 0 saturated carbocycles. The van der Waals surface area contributed by atoms with Gasteiger partial charge >= 0.3 is 0 Å². The number of anilines is 1. The molecule has 22 heavy (non-hydrogen) atoms. The molecule has 0 aromatic heterocycles. The molecule has 0 aliphatic carbocycles. The molecule has 0 spiro atoms. The maximum atomic E-state index is 10.8. The van der Waals surface area contributed by atoms with E-state index in [2.05, 4.69) is 12.2 Å². The summed E-state index contributed by atoms with van der Waals surface area (Å²) in [5.74, 6) is 1.59. The van der Waals surface area contributed by atoms with Gasteiger partial charge in [-0.15, -0.1) is 0 Å². The normalized spacial score (nSPS) is 10.3. The first-order valence-corrected chi connectivity index (χ1v) is 7.35. The van der Waals surface area contributed by atoms with Crippen LogP contribution in [0.3, 0.4) is 0 Å². The minimum absolute atomic E-state index is 0. The standard InChI is InChI=1S/C18H21NO3.H2/c1-3-19-16-5-4-6-18(11-16)22-17-9-7-15(8-10-17)13-21-12-14(2)20;/h4-11,19H,3,12-13H2,1-2H3;1H. The van der Waals surface area contributed by atoms with Gasteiger partial charge in [0.25, 0.3) is 0 Å². The Balaban J connectivity index is 0.00000264. The van der Waals surface area contributed by atoms with Crippen molar-refractivity contribution in [1.29, 1.82) is 0 Å². The van der Waals surface area contributed by atoms with Crippen LogP contribution in [-0.2, 0) is 16.1 Å². The topological polar surface area (TPSA) is 47.6 Å². The summed E-state index contributed by atoms with van der Waals surface area (Å²) in [6.45, 7) is 5.02. The average molecular weight is 301 g/mol. The Morgan fingerprint density at radius 1 is 1.14 bits per heavy atom. The molecule has 4 heteroatoms. The van der Waals surface area contributed by atoms with Crippen LogP contribution in [0.15, 0.2) is 48.5 Å². The van der Waals surface area contributed by atoms with E-state index in [9.17, 15) is 4.79 Å². The van der Waals surface area contributed by atoms with E-state index in [-0.39, 0.29) is 13.8 Å². The second-order valence-electron chi connectivity index (χ2n) is 5.00. The van der Waals surface area contributed by atoms with Gasteiger partial charge in [-0.1, -0.05) is 18.2 Å². The second kappa shape index (κ2) is 8.20. The van der Waals surface area contributed by atoms with Gasteiger partial charge in [0.1, 0.15) is 18.1 Å². The maximum absolute atomic E-state index is 10.8. The molecule has 0 aliphatic rings. The molecule has 0 unspecified atom stereocenters. The quantitative estimate of drug-likeness (QED) is 0.791. The van der Waals surface area contributed by atoms with Crippen LogP contribution in [-0.4, -0.2) is 18.9 Å². The van der Waals surface area contributed by atoms with Crippen molar-refractivity contribution in [3.8, 4) is 11.5 Å². The number of nitrogens with one attached hydrogen (secondary N) is 1. The molecule has 0 saturated heterocycles. The molecule has 0 fully saturated rings. The second-order valence-corrected chi connectivity index (χ2v) is 5.00. The zero-order valence-electron chi connectivity index (χ0n) is 13.0. The SMILES string of the molecule is CCNc1cccc(Oc2ccc(COCC(C)=O)cc2)c1.[HH]. The first-order valence-electron chi connectivity index (χ1n) is 7.35. The number of ketones is 1. The van der Waals surface area contributed by atoms with Crippen LogP contribution in [0.2, 0.25) is 0 Å². The zero-order chi connectivity index (χ0) is 15.8. The highest BCUT2D eigenvalue weighted by molar-refractivity contribution is 5.76. The number of hydrogen-bond acceptors (Lipinski definition) is 4. The highest BCUT2D eigenvalue weighted by Gasteiger charge is 2.00. The lowest BCUT2D eigenvalue weighted by molar-refractivity contribution is -0.121. The predicted molar refractivity (Wildman–Crippen MR) is 89.6 cm³/mol. The fourth-order valence-electron chi connectivity index (χ4n) is 1.98. The minimum atomic E-state index is 0. The third-order valence-corrected chi connectivity index (χ3v) is 2.95. The van der Waals surface area contributed by atoms with Crippen molar-refractivity contribution >= 4 is 11.5 Å². The molecule has 0 bridgehead atoms. The smallest absolute Gasteiger partial charge is 0.155 e. The van der Waals surface area contributed by atoms with Crippen LogP contribution in [0.25, 0.3) is 0 Å². The van der Waals surface area contributed by atoms with Crippen molar-refractivity contribution < 1.29 is 15.7 Å². The van der Waals surface area contributed by atoms with Gasteiger partial charge in [-0.05, 0) is 43.7 Å². The minimum Gasteiger partial charge on any atom is -0.457 e. The van der Waals surface area contributed by atoms with Gasteiger partial charge in [-0.25, -0.2) is 0 Å². The van der Waals surface area contributed by atoms with Crippen molar-refractivity contribution in [2.24, 2.45) is 0 Å². The lowest BCUT2D eigenvalue weighted by atomic mass is 10.2. The summed E-state index contributed by atoms with van der Waals surface area (Å²) in [5, 5.41) is 3.25. The summed E-state index contributed by atoms with van der Waals surface area (Å²) in [6.07, 6.45) is 0. The van der Waals surface area contributed by atoms with E-state index in [1.54, 1.807) is 0 Å². The zero-order valence-corrected chi connectivity index (χ0v) is 13.0. The number of rotatable bonds is 8. The Hall–Kier alpha value is -2.33. The monoisotopic (exact) mass is 301 g/mol. The fourth-order valence-corrected chi connectivity index (χ4v) is 1.98. The summed E-state index contributed by atoms with van der Waals surface area (Å²) in [5.41, 5.74) is 2.05. The van der Waals surface area contributed by atoms with Crippen LogP contribution in [0.1, 0.15) is 20.8 Å². The molecule has 2 aromatic rings. The average Bonchev–Trinajstić information content (AvgIpc) is 2.49. The van der Waals surface area contributed by atoms with Crippen molar-refractivity contribution in [3.63, 3.8) is 0 Å². The molecule has 0 heterocycles. The molecule has 118 valence electrons. The highest BCUT2D eigenvalue weighted by Crippen LogP contribution is 2.24. The third-order valence-electron chi connectivity index (χ3n) is 2.95. The van der Waals surface area contributed by atoms with Gasteiger partial charge in [-0.2, -0.15) is 0 Å². The van der Waals surface area contributed by atoms with Gasteiger partial charge in [-0.3, -0.25) is 4.79 Å². The van der Waals surface area contributed by atoms with E-state index < -0.39 is 0 Å². The Morgan fingerprint density at radius 3 is 2.59 bits per heavy atom. The number of benzene rings is 2. The van der Waals surface area contributed by atoms with Gasteiger partial charge in [0.15, 0.2) is 5.78 Å². The van der Waals surface area contributed by atoms with Crippen LogP contribution < -0.4 is 10.1 Å². The van der Waals surface area contributed by atoms with E-state index in [1.165, 1.54) is 6.92 Å². The van der Waals surface area contributed by atoms with Crippen molar-refractivity contribution in [2.75, 3.05) is 18.5 Å². The van der Waals surface area contributed by atoms with Crippen LogP contribution in [0, 0.1) is 0 Å². The molecule has 0 radical (unpaired) electrons. The predicted octanol–water partition coefficient (Wildman–Crippen LogP) is 4.26. The number of hydrogen-bond donors (Lipinski definition) is 1. The molecule has 1 N–H and O–H groups in total. The van der Waals surface area contributed by atoms with Gasteiger partial charge < -0.3 is 14.8 Å². The number of carbonyl (C=O) groups excluding carboxylic acids is 1. The fraction of sp³-hybridized carbons (Fsp3) is 0.278. The Kier molecular flexibility index (Phi) is 5.98. The first kappa shape index (κ1) is 16.0. The molecular weight excluding hydrogens is 278 g/mol. The van der Waals surface area contributed by atoms with Crippen LogP contribution in [0.4, 0.5) is 5.69 Å². The molecule has 4 nitrogen and oxygen atoms in total. The van der Waals surface area contributed by atoms with E-state index in [0.29, 0.717) is 6.61 Å². The molecule has 2 aromatic carbocycles. The number of carbonyl (C=O) groups is 1. The summed E-state index contributed by atoms with van der Waals surface area (Å²) < 4.78 is 11.1. The molecular formula is C18H23NO3. The van der Waals surface area contributed by atoms with E-state index in [4.69, 9.17) is 9.47 Å². The maximum Gasteiger partial charge on any atom is 0.155 e. The van der Waals surface area contributed by atoms with E-state index in [1.807, 2.05) is 48.5 Å². The molecule has 0 amide bonds. The Labute approximate surface area is 132 Å². The van der Waals surface area contributed by atoms with Gasteiger partial charge in [0, 0.05) is 19.7 Å². The Morgan fingerprint density at radius 2 is 1.91 bits per heavy atom.